The van der Waals surface area contributed by atoms with Crippen molar-refractivity contribution in [3.05, 3.63) is 30.3 Å². The summed E-state index contributed by atoms with van der Waals surface area (Å²) in [6.45, 7) is 4.11. The number of likely N-dealkylation sites (N-methyl/N-ethyl adjacent to an activating group) is 1. The maximum Gasteiger partial charge on any atom is 0.191 e. The molecule has 1 unspecified atom stereocenters. The van der Waals surface area contributed by atoms with Crippen molar-refractivity contribution >= 4 is 17.7 Å². The molecule has 0 aliphatic heterocycles. The van der Waals surface area contributed by atoms with Crippen LogP contribution in [0.25, 0.3) is 0 Å². The summed E-state index contributed by atoms with van der Waals surface area (Å²) >= 11 is 1.86. The smallest absolute Gasteiger partial charge is 0.191 e. The molecule has 1 atom stereocenters. The second-order valence-electron chi connectivity index (χ2n) is 5.79. The van der Waals surface area contributed by atoms with Crippen LogP contribution in [0.2, 0.25) is 0 Å². The molecular weight excluding hydrogens is 292 g/mol. The van der Waals surface area contributed by atoms with Gasteiger partial charge in [-0.15, -0.1) is 11.8 Å². The van der Waals surface area contributed by atoms with Gasteiger partial charge >= 0.3 is 0 Å². The summed E-state index contributed by atoms with van der Waals surface area (Å²) in [4.78, 5) is 8.07. The standard InChI is InChI=1S/C17H28N4S/c1-14(21(3)15-9-10-15)13-20-17(18-2)19-11-12-22-16-7-5-4-6-8-16/h4-8,14-15H,9-13H2,1-3H3,(H2,18,19,20). The van der Waals surface area contributed by atoms with Gasteiger partial charge in [-0.05, 0) is 38.9 Å². The first-order chi connectivity index (χ1) is 10.7. The van der Waals surface area contributed by atoms with Gasteiger partial charge < -0.3 is 10.6 Å². The van der Waals surface area contributed by atoms with Crippen LogP contribution in [0.4, 0.5) is 0 Å². The minimum atomic E-state index is 0.532. The van der Waals surface area contributed by atoms with Crippen LogP contribution in [0, 0.1) is 0 Å². The average molecular weight is 321 g/mol. The van der Waals surface area contributed by atoms with Crippen LogP contribution in [0.3, 0.4) is 0 Å². The Hall–Kier alpha value is -1.20. The monoisotopic (exact) mass is 320 g/mol. The number of rotatable bonds is 8. The molecule has 0 amide bonds. The normalized spacial score (nSPS) is 16.6. The van der Waals surface area contributed by atoms with E-state index in [-0.39, 0.29) is 0 Å². The fourth-order valence-electron chi connectivity index (χ4n) is 2.31. The van der Waals surface area contributed by atoms with Gasteiger partial charge in [0.15, 0.2) is 5.96 Å². The van der Waals surface area contributed by atoms with Crippen LogP contribution in [0.1, 0.15) is 19.8 Å². The fraction of sp³-hybridized carbons (Fsp3) is 0.588. The van der Waals surface area contributed by atoms with Crippen LogP contribution in [0.5, 0.6) is 0 Å². The zero-order chi connectivity index (χ0) is 15.8. The van der Waals surface area contributed by atoms with Crippen molar-refractivity contribution in [3.8, 4) is 0 Å². The first-order valence-corrected chi connectivity index (χ1v) is 9.03. The van der Waals surface area contributed by atoms with E-state index < -0.39 is 0 Å². The molecule has 1 aliphatic carbocycles. The Bertz CT molecular complexity index is 459. The molecule has 2 rings (SSSR count). The Labute approximate surface area is 138 Å². The zero-order valence-corrected chi connectivity index (χ0v) is 14.7. The Balaban J connectivity index is 1.60. The van der Waals surface area contributed by atoms with Crippen molar-refractivity contribution in [2.45, 2.75) is 36.7 Å². The van der Waals surface area contributed by atoms with E-state index in [9.17, 15) is 0 Å². The number of hydrogen-bond donors (Lipinski definition) is 2. The summed E-state index contributed by atoms with van der Waals surface area (Å²) in [6, 6.07) is 11.8. The summed E-state index contributed by atoms with van der Waals surface area (Å²) in [7, 11) is 4.05. The molecule has 5 heteroatoms. The quantitative estimate of drug-likeness (QED) is 0.334. The minimum Gasteiger partial charge on any atom is -0.356 e. The van der Waals surface area contributed by atoms with Crippen molar-refractivity contribution < 1.29 is 0 Å². The summed E-state index contributed by atoms with van der Waals surface area (Å²) in [5.74, 6) is 1.92. The second kappa shape index (κ2) is 9.06. The van der Waals surface area contributed by atoms with E-state index in [1.54, 1.807) is 0 Å². The maximum absolute atomic E-state index is 4.29. The van der Waals surface area contributed by atoms with Crippen LogP contribution in [-0.4, -0.2) is 55.9 Å². The second-order valence-corrected chi connectivity index (χ2v) is 6.96. The van der Waals surface area contributed by atoms with E-state index in [0.29, 0.717) is 6.04 Å². The SMILES string of the molecule is CN=C(NCCSc1ccccc1)NCC(C)N(C)C1CC1. The lowest BCUT2D eigenvalue weighted by Crippen LogP contribution is -2.45. The Kier molecular flexibility index (Phi) is 7.06. The average Bonchev–Trinajstić information content (AvgIpc) is 3.39. The van der Waals surface area contributed by atoms with Gasteiger partial charge in [-0.3, -0.25) is 9.89 Å². The predicted octanol–water partition coefficient (Wildman–Crippen LogP) is 2.43. The molecular formula is C17H28N4S. The first-order valence-electron chi connectivity index (χ1n) is 8.05. The lowest BCUT2D eigenvalue weighted by atomic mass is 10.3. The van der Waals surface area contributed by atoms with E-state index in [4.69, 9.17) is 0 Å². The summed E-state index contributed by atoms with van der Waals surface area (Å²) in [5, 5.41) is 6.80. The van der Waals surface area contributed by atoms with E-state index >= 15 is 0 Å². The number of nitrogens with one attached hydrogen (secondary N) is 2. The van der Waals surface area contributed by atoms with Gasteiger partial charge in [0.2, 0.25) is 0 Å². The third-order valence-corrected chi connectivity index (χ3v) is 5.03. The third kappa shape index (κ3) is 5.89. The number of guanidine groups is 1. The first kappa shape index (κ1) is 17.2. The molecule has 0 spiro atoms. The fourth-order valence-corrected chi connectivity index (χ4v) is 3.10. The van der Waals surface area contributed by atoms with Gasteiger partial charge in [-0.25, -0.2) is 0 Å². The molecule has 0 bridgehead atoms. The summed E-state index contributed by atoms with van der Waals surface area (Å²) in [5.41, 5.74) is 0. The molecule has 1 aliphatic rings. The third-order valence-electron chi connectivity index (χ3n) is 4.01. The molecule has 1 aromatic rings. The van der Waals surface area contributed by atoms with Crippen LogP contribution >= 0.6 is 11.8 Å². The number of hydrogen-bond acceptors (Lipinski definition) is 3. The van der Waals surface area contributed by atoms with Gasteiger partial charge in [-0.1, -0.05) is 18.2 Å². The van der Waals surface area contributed by atoms with Gasteiger partial charge in [0.05, 0.1) is 0 Å². The molecule has 122 valence electrons. The molecule has 2 N–H and O–H groups in total. The number of thioether (sulfide) groups is 1. The molecule has 1 saturated carbocycles. The molecule has 1 fully saturated rings. The van der Waals surface area contributed by atoms with E-state index in [2.05, 4.69) is 58.8 Å². The van der Waals surface area contributed by atoms with Crippen LogP contribution in [-0.2, 0) is 0 Å². The van der Waals surface area contributed by atoms with Gasteiger partial charge in [0, 0.05) is 42.9 Å². The highest BCUT2D eigenvalue weighted by atomic mass is 32.2. The largest absolute Gasteiger partial charge is 0.356 e. The van der Waals surface area contributed by atoms with Crippen LogP contribution in [0.15, 0.2) is 40.2 Å². The Morgan fingerprint density at radius 2 is 2.05 bits per heavy atom. The van der Waals surface area contributed by atoms with Crippen molar-refractivity contribution in [1.82, 2.24) is 15.5 Å². The predicted molar refractivity (Wildman–Crippen MR) is 96.8 cm³/mol. The lowest BCUT2D eigenvalue weighted by Gasteiger charge is -2.25. The molecule has 0 saturated heterocycles. The van der Waals surface area contributed by atoms with Gasteiger partial charge in [-0.2, -0.15) is 0 Å². The highest BCUT2D eigenvalue weighted by Gasteiger charge is 2.28. The Morgan fingerprint density at radius 1 is 1.32 bits per heavy atom. The molecule has 22 heavy (non-hydrogen) atoms. The zero-order valence-electron chi connectivity index (χ0n) is 13.9. The highest BCUT2D eigenvalue weighted by molar-refractivity contribution is 7.99. The molecule has 0 radical (unpaired) electrons. The van der Waals surface area contributed by atoms with Crippen LogP contribution < -0.4 is 10.6 Å². The minimum absolute atomic E-state index is 0.532. The van der Waals surface area contributed by atoms with Crippen molar-refractivity contribution in [3.63, 3.8) is 0 Å². The van der Waals surface area contributed by atoms with E-state index in [1.807, 2.05) is 24.9 Å². The molecule has 4 nitrogen and oxygen atoms in total. The van der Waals surface area contributed by atoms with Gasteiger partial charge in [0.1, 0.15) is 0 Å². The highest BCUT2D eigenvalue weighted by Crippen LogP contribution is 2.26. The van der Waals surface area contributed by atoms with Crippen molar-refractivity contribution in [2.24, 2.45) is 4.99 Å². The summed E-state index contributed by atoms with van der Waals surface area (Å²) in [6.07, 6.45) is 2.70. The van der Waals surface area contributed by atoms with Gasteiger partial charge in [0.25, 0.3) is 0 Å². The number of aliphatic imine (C=N–C) groups is 1. The number of benzene rings is 1. The topological polar surface area (TPSA) is 39.7 Å². The Morgan fingerprint density at radius 3 is 2.68 bits per heavy atom. The lowest BCUT2D eigenvalue weighted by molar-refractivity contribution is 0.247. The van der Waals surface area contributed by atoms with E-state index in [0.717, 1.165) is 30.8 Å². The van der Waals surface area contributed by atoms with Crippen molar-refractivity contribution in [1.29, 1.82) is 0 Å². The van der Waals surface area contributed by atoms with E-state index in [1.165, 1.54) is 17.7 Å². The molecule has 1 aromatic carbocycles. The maximum atomic E-state index is 4.29. The molecule has 0 aromatic heterocycles. The number of nitrogens with zero attached hydrogens (tertiary/aromatic N) is 2. The molecule has 0 heterocycles. The summed E-state index contributed by atoms with van der Waals surface area (Å²) < 4.78 is 0. The van der Waals surface area contributed by atoms with Crippen molar-refractivity contribution in [2.75, 3.05) is 32.9 Å².